The van der Waals surface area contributed by atoms with E-state index in [2.05, 4.69) is 34.5 Å². The second kappa shape index (κ2) is 17.0. The highest BCUT2D eigenvalue weighted by atomic mass is 19.1. The van der Waals surface area contributed by atoms with Gasteiger partial charge in [-0.25, -0.2) is 9.18 Å². The van der Waals surface area contributed by atoms with Crippen molar-refractivity contribution in [2.24, 2.45) is 5.92 Å². The fraction of sp³-hybridized carbons (Fsp3) is 0.457. The van der Waals surface area contributed by atoms with Crippen molar-refractivity contribution in [1.82, 2.24) is 14.8 Å². The van der Waals surface area contributed by atoms with Crippen LogP contribution in [-0.4, -0.2) is 83.4 Å². The van der Waals surface area contributed by atoms with E-state index in [0.29, 0.717) is 36.8 Å². The number of anilines is 2. The van der Waals surface area contributed by atoms with Gasteiger partial charge in [0.05, 0.1) is 30.4 Å². The Morgan fingerprint density at radius 2 is 1.78 bits per heavy atom. The number of nitrogens with one attached hydrogen (secondary N) is 2. The number of aliphatic hydroxyl groups is 1. The van der Waals surface area contributed by atoms with E-state index in [1.807, 2.05) is 19.1 Å². The summed E-state index contributed by atoms with van der Waals surface area (Å²) in [5.74, 6) is -0.381. The van der Waals surface area contributed by atoms with Crippen molar-refractivity contribution in [3.8, 4) is 5.75 Å². The van der Waals surface area contributed by atoms with Crippen LogP contribution in [0.25, 0.3) is 0 Å². The number of benzene rings is 2. The summed E-state index contributed by atoms with van der Waals surface area (Å²) < 4.78 is 26.0. The quantitative estimate of drug-likeness (QED) is 0.287. The summed E-state index contributed by atoms with van der Waals surface area (Å²) in [6.45, 7) is 7.95. The molecule has 0 bridgehead atoms. The lowest BCUT2D eigenvalue weighted by molar-refractivity contribution is -0.0177. The number of ether oxygens (including phenoxy) is 2. The maximum atomic E-state index is 14.3. The van der Waals surface area contributed by atoms with Gasteiger partial charge < -0.3 is 30.1 Å². The fourth-order valence-electron chi connectivity index (χ4n) is 5.46. The first-order chi connectivity index (χ1) is 22.1. The number of pyridine rings is 1. The first-order valence-electron chi connectivity index (χ1n) is 15.9. The first-order valence-corrected chi connectivity index (χ1v) is 15.9. The standard InChI is InChI=1S/C35H46FN5O5/c1-24-20-41(25(2)23-42)34(43)31-19-30(39-35(44)38-29-10-8-28(36)9-11-29)12-13-32(31)46-26(3)7-5-6-18-45-33(24)22-40(4)21-27-14-16-37-17-15-27/h8-17,19,24-26,33,42H,5-7,18,20-23H2,1-4H3,(H2,38,39,44)/t24-,25+,26-,33+/m1/s1. The van der Waals surface area contributed by atoms with Crippen molar-refractivity contribution in [2.45, 2.75) is 64.8 Å². The summed E-state index contributed by atoms with van der Waals surface area (Å²) in [5, 5.41) is 15.6. The molecule has 3 amide bonds. The van der Waals surface area contributed by atoms with Crippen molar-refractivity contribution in [3.05, 3.63) is 83.9 Å². The highest BCUT2D eigenvalue weighted by molar-refractivity contribution is 6.02. The molecule has 0 saturated carbocycles. The molecule has 0 saturated heterocycles. The Bertz CT molecular complexity index is 1410. The van der Waals surface area contributed by atoms with E-state index < -0.39 is 17.9 Å². The molecule has 0 radical (unpaired) electrons. The van der Waals surface area contributed by atoms with Crippen molar-refractivity contribution in [1.29, 1.82) is 0 Å². The van der Waals surface area contributed by atoms with Gasteiger partial charge in [0.25, 0.3) is 5.91 Å². The summed E-state index contributed by atoms with van der Waals surface area (Å²) in [7, 11) is 2.05. The van der Waals surface area contributed by atoms with Gasteiger partial charge in [-0.15, -0.1) is 0 Å². The SMILES string of the molecule is C[C@@H]1CCCCO[C@@H](CN(C)Cc2ccncc2)[C@H](C)CN([C@@H](C)CO)C(=O)c2cc(NC(=O)Nc3ccc(F)cc3)ccc2O1. The smallest absolute Gasteiger partial charge is 0.323 e. The molecular weight excluding hydrogens is 589 g/mol. The van der Waals surface area contributed by atoms with Gasteiger partial charge in [-0.3, -0.25) is 14.7 Å². The molecule has 4 atom stereocenters. The molecule has 2 aromatic carbocycles. The Kier molecular flexibility index (Phi) is 12.9. The Labute approximate surface area is 270 Å². The van der Waals surface area contributed by atoms with Gasteiger partial charge in [-0.1, -0.05) is 6.92 Å². The topological polar surface area (TPSA) is 116 Å². The average molecular weight is 636 g/mol. The van der Waals surface area contributed by atoms with Crippen molar-refractivity contribution < 1.29 is 28.6 Å². The Hall–Kier alpha value is -4.06. The molecule has 4 rings (SSSR count). The van der Waals surface area contributed by atoms with Crippen LogP contribution in [0.3, 0.4) is 0 Å². The summed E-state index contributed by atoms with van der Waals surface area (Å²) in [5.41, 5.74) is 2.24. The summed E-state index contributed by atoms with van der Waals surface area (Å²) >= 11 is 0. The molecule has 46 heavy (non-hydrogen) atoms. The van der Waals surface area contributed by atoms with E-state index >= 15 is 0 Å². The highest BCUT2D eigenvalue weighted by Gasteiger charge is 2.30. The second-order valence-corrected chi connectivity index (χ2v) is 12.1. The van der Waals surface area contributed by atoms with E-state index in [1.54, 1.807) is 42.4 Å². The maximum Gasteiger partial charge on any atom is 0.323 e. The van der Waals surface area contributed by atoms with Crippen LogP contribution in [0.2, 0.25) is 0 Å². The third-order valence-electron chi connectivity index (χ3n) is 8.10. The Balaban J connectivity index is 1.58. The molecule has 3 N–H and O–H groups in total. The minimum absolute atomic E-state index is 0.0631. The lowest BCUT2D eigenvalue weighted by Gasteiger charge is -2.36. The highest BCUT2D eigenvalue weighted by Crippen LogP contribution is 2.29. The molecule has 1 aromatic heterocycles. The summed E-state index contributed by atoms with van der Waals surface area (Å²) in [6.07, 6.45) is 5.79. The van der Waals surface area contributed by atoms with Gasteiger partial charge in [0.15, 0.2) is 0 Å². The molecule has 1 aliphatic heterocycles. The number of halogens is 1. The predicted octanol–water partition coefficient (Wildman–Crippen LogP) is 5.79. The van der Waals surface area contributed by atoms with Crippen LogP contribution in [0.4, 0.5) is 20.6 Å². The second-order valence-electron chi connectivity index (χ2n) is 12.1. The van der Waals surface area contributed by atoms with Crippen LogP contribution in [0, 0.1) is 11.7 Å². The number of carbonyl (C=O) groups is 2. The number of hydrogen-bond donors (Lipinski definition) is 3. The number of amides is 3. The van der Waals surface area contributed by atoms with Gasteiger partial charge in [-0.05, 0) is 100 Å². The van der Waals surface area contributed by atoms with Crippen LogP contribution >= 0.6 is 0 Å². The Morgan fingerprint density at radius 3 is 2.50 bits per heavy atom. The zero-order chi connectivity index (χ0) is 33.1. The lowest BCUT2D eigenvalue weighted by Crippen LogP contribution is -2.47. The lowest BCUT2D eigenvalue weighted by atomic mass is 10.0. The predicted molar refractivity (Wildman–Crippen MR) is 176 cm³/mol. The number of likely N-dealkylation sites (N-methyl/N-ethyl adjacent to an activating group) is 1. The Morgan fingerprint density at radius 1 is 1.09 bits per heavy atom. The zero-order valence-corrected chi connectivity index (χ0v) is 27.1. The normalized spacial score (nSPS) is 20.3. The number of hydrogen-bond acceptors (Lipinski definition) is 7. The van der Waals surface area contributed by atoms with Crippen LogP contribution in [0.5, 0.6) is 5.75 Å². The third kappa shape index (κ3) is 10.2. The number of aliphatic hydroxyl groups excluding tert-OH is 1. The molecule has 11 heteroatoms. The molecule has 0 spiro atoms. The number of fused-ring (bicyclic) bond motifs is 1. The number of aromatic nitrogens is 1. The van der Waals surface area contributed by atoms with Crippen LogP contribution < -0.4 is 15.4 Å². The van der Waals surface area contributed by atoms with Gasteiger partial charge >= 0.3 is 6.03 Å². The largest absolute Gasteiger partial charge is 0.490 e. The van der Waals surface area contributed by atoms with Gasteiger partial charge in [-0.2, -0.15) is 0 Å². The molecule has 0 unspecified atom stereocenters. The zero-order valence-electron chi connectivity index (χ0n) is 27.1. The average Bonchev–Trinajstić information content (AvgIpc) is 3.04. The fourth-order valence-corrected chi connectivity index (χ4v) is 5.46. The van der Waals surface area contributed by atoms with Gasteiger partial charge in [0, 0.05) is 55.9 Å². The van der Waals surface area contributed by atoms with E-state index in [9.17, 15) is 19.1 Å². The van der Waals surface area contributed by atoms with Crippen molar-refractivity contribution >= 4 is 23.3 Å². The van der Waals surface area contributed by atoms with E-state index in [0.717, 1.165) is 31.4 Å². The number of rotatable bonds is 8. The number of nitrogens with zero attached hydrogens (tertiary/aromatic N) is 3. The van der Waals surface area contributed by atoms with Crippen LogP contribution in [0.1, 0.15) is 56.0 Å². The summed E-state index contributed by atoms with van der Waals surface area (Å²) in [4.78, 5) is 35.0. The monoisotopic (exact) mass is 635 g/mol. The van der Waals surface area contributed by atoms with Crippen LogP contribution in [0.15, 0.2) is 67.0 Å². The van der Waals surface area contributed by atoms with E-state index in [-0.39, 0.29) is 36.2 Å². The van der Waals surface area contributed by atoms with E-state index in [4.69, 9.17) is 9.47 Å². The van der Waals surface area contributed by atoms with Gasteiger partial charge in [0.1, 0.15) is 11.6 Å². The molecule has 10 nitrogen and oxygen atoms in total. The summed E-state index contributed by atoms with van der Waals surface area (Å²) in [6, 6.07) is 13.4. The molecule has 0 fully saturated rings. The third-order valence-corrected chi connectivity index (χ3v) is 8.10. The number of carbonyl (C=O) groups excluding carboxylic acids is 2. The molecule has 248 valence electrons. The van der Waals surface area contributed by atoms with Crippen LogP contribution in [-0.2, 0) is 11.3 Å². The maximum absolute atomic E-state index is 14.3. The van der Waals surface area contributed by atoms with Crippen molar-refractivity contribution in [3.63, 3.8) is 0 Å². The minimum Gasteiger partial charge on any atom is -0.490 e. The molecule has 0 aliphatic carbocycles. The minimum atomic E-state index is -0.542. The molecule has 1 aliphatic rings. The molecule has 3 aromatic rings. The molecule has 2 heterocycles. The van der Waals surface area contributed by atoms with Gasteiger partial charge in [0.2, 0.25) is 0 Å². The first kappa shape index (κ1) is 34.8. The van der Waals surface area contributed by atoms with Crippen molar-refractivity contribution in [2.75, 3.05) is 44.0 Å². The number of urea groups is 1. The van der Waals surface area contributed by atoms with E-state index in [1.165, 1.54) is 24.3 Å². The molecular formula is C35H46FN5O5.